The number of hydrazone groups is 1. The number of thioether (sulfide) groups is 1. The fourth-order valence-corrected chi connectivity index (χ4v) is 4.38. The number of carbonyl (C=O) groups is 1. The summed E-state index contributed by atoms with van der Waals surface area (Å²) in [6.07, 6.45) is 5.07. The minimum absolute atomic E-state index is 0.245. The van der Waals surface area contributed by atoms with Gasteiger partial charge in [0.15, 0.2) is 5.17 Å². The molecule has 0 atom stereocenters. The predicted molar refractivity (Wildman–Crippen MR) is 93.4 cm³/mol. The molecule has 118 valence electrons. The monoisotopic (exact) mass is 326 g/mol. The highest BCUT2D eigenvalue weighted by Crippen LogP contribution is 2.38. The van der Waals surface area contributed by atoms with E-state index in [9.17, 15) is 4.79 Å². The maximum absolute atomic E-state index is 12.2. The van der Waals surface area contributed by atoms with Crippen molar-refractivity contribution in [3.8, 4) is 0 Å². The second kappa shape index (κ2) is 5.09. The van der Waals surface area contributed by atoms with E-state index in [0.29, 0.717) is 12.5 Å². The van der Waals surface area contributed by atoms with Gasteiger partial charge in [0.05, 0.1) is 23.9 Å². The standard InChI is InChI=1S/C17H18N4OS/c22-15-8-12-7-11(6-10-2-1-5-21(15)16(10)12)14-9-23-17(20-19-14)18-13-3-4-13/h6-7,13H,1-5,8-9H2,(H,18,20). The lowest BCUT2D eigenvalue weighted by Gasteiger charge is -2.26. The fourth-order valence-electron chi connectivity index (χ4n) is 3.55. The van der Waals surface area contributed by atoms with Crippen molar-refractivity contribution in [2.24, 2.45) is 10.1 Å². The number of carbonyl (C=O) groups excluding carboxylic acids is 1. The van der Waals surface area contributed by atoms with Gasteiger partial charge in [-0.1, -0.05) is 11.8 Å². The molecule has 0 unspecified atom stereocenters. The minimum atomic E-state index is 0.245. The number of amides is 1. The summed E-state index contributed by atoms with van der Waals surface area (Å²) in [5, 5.41) is 5.48. The number of hydrogen-bond acceptors (Lipinski definition) is 4. The Hall–Kier alpha value is -1.82. The van der Waals surface area contributed by atoms with Crippen molar-refractivity contribution < 1.29 is 4.79 Å². The third kappa shape index (κ3) is 2.36. The molecule has 0 aromatic heterocycles. The average molecular weight is 326 g/mol. The average Bonchev–Trinajstić information content (AvgIpc) is 3.32. The van der Waals surface area contributed by atoms with Crippen LogP contribution < -0.4 is 10.3 Å². The largest absolute Gasteiger partial charge is 0.312 e. The summed E-state index contributed by atoms with van der Waals surface area (Å²) < 4.78 is 0. The molecular weight excluding hydrogens is 308 g/mol. The second-order valence-corrected chi connectivity index (χ2v) is 7.56. The van der Waals surface area contributed by atoms with Crippen LogP contribution in [0.1, 0.15) is 36.0 Å². The highest BCUT2D eigenvalue weighted by Gasteiger charge is 2.33. The number of nitrogens with one attached hydrogen (secondary N) is 1. The Morgan fingerprint density at radius 3 is 2.96 bits per heavy atom. The van der Waals surface area contributed by atoms with E-state index in [0.717, 1.165) is 41.6 Å². The number of aliphatic imine (C=N–C) groups is 1. The van der Waals surface area contributed by atoms with Gasteiger partial charge in [0.2, 0.25) is 5.91 Å². The Balaban J connectivity index is 1.47. The maximum Gasteiger partial charge on any atom is 0.231 e. The molecule has 1 amide bonds. The molecule has 0 saturated heterocycles. The molecule has 1 aliphatic carbocycles. The minimum Gasteiger partial charge on any atom is -0.312 e. The van der Waals surface area contributed by atoms with Gasteiger partial charge in [-0.25, -0.2) is 0 Å². The molecule has 0 radical (unpaired) electrons. The van der Waals surface area contributed by atoms with Crippen molar-refractivity contribution in [1.82, 2.24) is 5.43 Å². The number of nitrogens with zero attached hydrogens (tertiary/aromatic N) is 3. The van der Waals surface area contributed by atoms with Crippen molar-refractivity contribution >= 4 is 34.2 Å². The Morgan fingerprint density at radius 2 is 2.17 bits per heavy atom. The van der Waals surface area contributed by atoms with Gasteiger partial charge < -0.3 is 4.90 Å². The van der Waals surface area contributed by atoms with E-state index in [2.05, 4.69) is 27.7 Å². The van der Waals surface area contributed by atoms with Crippen molar-refractivity contribution in [2.75, 3.05) is 17.2 Å². The number of anilines is 1. The Labute approximate surface area is 139 Å². The number of hydrogen-bond donors (Lipinski definition) is 1. The molecule has 0 spiro atoms. The molecule has 1 aromatic rings. The zero-order valence-electron chi connectivity index (χ0n) is 12.8. The third-order valence-electron chi connectivity index (χ3n) is 4.82. The van der Waals surface area contributed by atoms with Gasteiger partial charge >= 0.3 is 0 Å². The highest BCUT2D eigenvalue weighted by atomic mass is 32.2. The summed E-state index contributed by atoms with van der Waals surface area (Å²) in [5.41, 5.74) is 8.97. The lowest BCUT2D eigenvalue weighted by molar-refractivity contribution is -0.117. The Morgan fingerprint density at radius 1 is 1.30 bits per heavy atom. The SMILES string of the molecule is O=C1Cc2cc(C3=NNC(=NC4CC4)SC3)cc3c2N1CCC3. The van der Waals surface area contributed by atoms with Crippen LogP contribution in [0, 0.1) is 0 Å². The van der Waals surface area contributed by atoms with Crippen molar-refractivity contribution in [2.45, 2.75) is 38.1 Å². The number of rotatable bonds is 2. The number of amidine groups is 1. The zero-order valence-corrected chi connectivity index (χ0v) is 13.7. The molecule has 1 N–H and O–H groups in total. The molecule has 23 heavy (non-hydrogen) atoms. The van der Waals surface area contributed by atoms with Crippen LogP contribution in [0.15, 0.2) is 22.2 Å². The van der Waals surface area contributed by atoms with Gasteiger partial charge in [0.1, 0.15) is 0 Å². The molecule has 3 heterocycles. The fraction of sp³-hybridized carbons (Fsp3) is 0.471. The van der Waals surface area contributed by atoms with Crippen LogP contribution >= 0.6 is 11.8 Å². The van der Waals surface area contributed by atoms with Crippen LogP contribution in [0.2, 0.25) is 0 Å². The van der Waals surface area contributed by atoms with Crippen molar-refractivity contribution in [3.05, 3.63) is 28.8 Å². The van der Waals surface area contributed by atoms with E-state index in [1.165, 1.54) is 29.7 Å². The molecule has 6 heteroatoms. The van der Waals surface area contributed by atoms with Gasteiger partial charge in [-0.2, -0.15) is 5.10 Å². The van der Waals surface area contributed by atoms with Crippen LogP contribution in [0.4, 0.5) is 5.69 Å². The van der Waals surface area contributed by atoms with Gasteiger partial charge in [-0.15, -0.1) is 0 Å². The zero-order chi connectivity index (χ0) is 15.4. The van der Waals surface area contributed by atoms with Crippen LogP contribution in [0.3, 0.4) is 0 Å². The van der Waals surface area contributed by atoms with E-state index in [4.69, 9.17) is 0 Å². The van der Waals surface area contributed by atoms with Crippen LogP contribution in [0.5, 0.6) is 0 Å². The first-order valence-electron chi connectivity index (χ1n) is 8.27. The lowest BCUT2D eigenvalue weighted by atomic mass is 9.95. The summed E-state index contributed by atoms with van der Waals surface area (Å²) in [7, 11) is 0. The van der Waals surface area contributed by atoms with Gasteiger partial charge in [0.25, 0.3) is 0 Å². The summed E-state index contributed by atoms with van der Waals surface area (Å²) in [6.45, 7) is 0.873. The van der Waals surface area contributed by atoms with Crippen molar-refractivity contribution in [3.63, 3.8) is 0 Å². The summed E-state index contributed by atoms with van der Waals surface area (Å²) in [5.74, 6) is 1.09. The first-order valence-corrected chi connectivity index (χ1v) is 9.26. The van der Waals surface area contributed by atoms with Crippen molar-refractivity contribution in [1.29, 1.82) is 0 Å². The molecular formula is C17H18N4OS. The van der Waals surface area contributed by atoms with E-state index < -0.39 is 0 Å². The topological polar surface area (TPSA) is 57.1 Å². The Kier molecular flexibility index (Phi) is 3.01. The molecule has 3 aliphatic heterocycles. The lowest BCUT2D eigenvalue weighted by Crippen LogP contribution is -2.31. The van der Waals surface area contributed by atoms with E-state index in [1.54, 1.807) is 11.8 Å². The van der Waals surface area contributed by atoms with Crippen LogP contribution in [0.25, 0.3) is 0 Å². The molecule has 1 fully saturated rings. The molecule has 5 nitrogen and oxygen atoms in total. The highest BCUT2D eigenvalue weighted by molar-refractivity contribution is 8.14. The van der Waals surface area contributed by atoms with E-state index in [1.807, 2.05) is 4.90 Å². The molecule has 4 aliphatic rings. The maximum atomic E-state index is 12.2. The molecule has 1 aromatic carbocycles. The third-order valence-corrected chi connectivity index (χ3v) is 5.71. The Bertz CT molecular complexity index is 766. The number of benzene rings is 1. The summed E-state index contributed by atoms with van der Waals surface area (Å²) >= 11 is 1.73. The quantitative estimate of drug-likeness (QED) is 0.905. The molecule has 1 saturated carbocycles. The van der Waals surface area contributed by atoms with E-state index in [-0.39, 0.29) is 5.91 Å². The smallest absolute Gasteiger partial charge is 0.231 e. The first kappa shape index (κ1) is 13.6. The number of aryl methyl sites for hydroxylation is 1. The van der Waals surface area contributed by atoms with Gasteiger partial charge in [-0.3, -0.25) is 15.2 Å². The van der Waals surface area contributed by atoms with E-state index >= 15 is 0 Å². The second-order valence-electron chi connectivity index (χ2n) is 6.59. The predicted octanol–water partition coefficient (Wildman–Crippen LogP) is 2.08. The van der Waals surface area contributed by atoms with Gasteiger partial charge in [0, 0.05) is 12.3 Å². The van der Waals surface area contributed by atoms with Gasteiger partial charge in [-0.05, 0) is 54.5 Å². The molecule has 0 bridgehead atoms. The van der Waals surface area contributed by atoms with Crippen LogP contribution in [-0.4, -0.2) is 35.1 Å². The molecule has 5 rings (SSSR count). The normalized spacial score (nSPS) is 24.5. The summed E-state index contributed by atoms with van der Waals surface area (Å²) in [4.78, 5) is 18.7. The van der Waals surface area contributed by atoms with Crippen LogP contribution in [-0.2, 0) is 17.6 Å². The summed E-state index contributed by atoms with van der Waals surface area (Å²) in [6, 6.07) is 4.91. The first-order chi connectivity index (χ1) is 11.3.